The fourth-order valence-corrected chi connectivity index (χ4v) is 3.36. The first-order chi connectivity index (χ1) is 14.1. The summed E-state index contributed by atoms with van der Waals surface area (Å²) in [6, 6.07) is 26.9. The van der Waals surface area contributed by atoms with Gasteiger partial charge in [0.2, 0.25) is 5.91 Å². The number of nitrogens with zero attached hydrogens (tertiary/aromatic N) is 1. The molecule has 0 atom stereocenters. The lowest BCUT2D eigenvalue weighted by Gasteiger charge is -2.28. The van der Waals surface area contributed by atoms with E-state index in [2.05, 4.69) is 29.6 Å². The van der Waals surface area contributed by atoms with E-state index in [1.165, 1.54) is 7.11 Å². The van der Waals surface area contributed by atoms with Crippen molar-refractivity contribution in [3.05, 3.63) is 102 Å². The molecule has 0 bridgehead atoms. The third-order valence-electron chi connectivity index (χ3n) is 4.67. The minimum Gasteiger partial charge on any atom is -0.465 e. The summed E-state index contributed by atoms with van der Waals surface area (Å²) in [7, 11) is 3.23. The molecule has 0 saturated carbocycles. The standard InChI is InChI=1S/C24H24N2O3/c1-26(17-22(27)25-21-16-10-9-15-20(21)24(28)29-2)23(18-11-5-3-6-12-18)19-13-7-4-8-14-19/h3-16,23H,17H2,1-2H3,(H,25,27). The Hall–Kier alpha value is -3.44. The van der Waals surface area contributed by atoms with Gasteiger partial charge < -0.3 is 10.1 Å². The van der Waals surface area contributed by atoms with Gasteiger partial charge >= 0.3 is 5.97 Å². The van der Waals surface area contributed by atoms with Gasteiger partial charge in [-0.05, 0) is 30.3 Å². The average molecular weight is 388 g/mol. The monoisotopic (exact) mass is 388 g/mol. The van der Waals surface area contributed by atoms with Gasteiger partial charge in [-0.15, -0.1) is 0 Å². The number of amides is 1. The van der Waals surface area contributed by atoms with E-state index in [1.807, 2.05) is 48.3 Å². The minimum absolute atomic E-state index is 0.0704. The number of esters is 1. The highest BCUT2D eigenvalue weighted by Crippen LogP contribution is 2.27. The number of hydrogen-bond acceptors (Lipinski definition) is 4. The maximum Gasteiger partial charge on any atom is 0.339 e. The van der Waals surface area contributed by atoms with E-state index in [0.29, 0.717) is 11.3 Å². The topological polar surface area (TPSA) is 58.6 Å². The number of anilines is 1. The van der Waals surface area contributed by atoms with Crippen LogP contribution in [0.3, 0.4) is 0 Å². The van der Waals surface area contributed by atoms with Crippen LogP contribution in [0.15, 0.2) is 84.9 Å². The number of nitrogens with one attached hydrogen (secondary N) is 1. The lowest BCUT2D eigenvalue weighted by Crippen LogP contribution is -2.34. The molecule has 0 fully saturated rings. The molecule has 3 aromatic carbocycles. The van der Waals surface area contributed by atoms with Crippen molar-refractivity contribution in [1.82, 2.24) is 4.90 Å². The number of rotatable bonds is 7. The molecule has 1 N–H and O–H groups in total. The number of carbonyl (C=O) groups excluding carboxylic acids is 2. The largest absolute Gasteiger partial charge is 0.465 e. The lowest BCUT2D eigenvalue weighted by molar-refractivity contribution is -0.117. The van der Waals surface area contributed by atoms with E-state index in [4.69, 9.17) is 4.74 Å². The smallest absolute Gasteiger partial charge is 0.339 e. The molecular formula is C24H24N2O3. The number of ether oxygens (including phenoxy) is 1. The summed E-state index contributed by atoms with van der Waals surface area (Å²) in [5.74, 6) is -0.693. The van der Waals surface area contributed by atoms with Gasteiger partial charge in [0, 0.05) is 0 Å². The highest BCUT2D eigenvalue weighted by molar-refractivity contribution is 6.01. The summed E-state index contributed by atoms with van der Waals surface area (Å²) in [5.41, 5.74) is 2.97. The molecule has 0 heterocycles. The van der Waals surface area contributed by atoms with Gasteiger partial charge in [0.25, 0.3) is 0 Å². The zero-order chi connectivity index (χ0) is 20.6. The molecule has 3 aromatic rings. The predicted octanol–water partition coefficient (Wildman–Crippen LogP) is 4.13. The van der Waals surface area contributed by atoms with Crippen molar-refractivity contribution < 1.29 is 14.3 Å². The first-order valence-corrected chi connectivity index (χ1v) is 9.37. The third-order valence-corrected chi connectivity index (χ3v) is 4.67. The molecular weight excluding hydrogens is 364 g/mol. The van der Waals surface area contributed by atoms with Crippen LogP contribution in [-0.4, -0.2) is 37.5 Å². The Bertz CT molecular complexity index is 919. The first kappa shape index (κ1) is 20.3. The summed E-state index contributed by atoms with van der Waals surface area (Å²) in [5, 5.41) is 2.83. The Kier molecular flexibility index (Phi) is 6.76. The van der Waals surface area contributed by atoms with E-state index in [0.717, 1.165) is 11.1 Å². The van der Waals surface area contributed by atoms with Crippen LogP contribution >= 0.6 is 0 Å². The van der Waals surface area contributed by atoms with E-state index in [9.17, 15) is 9.59 Å². The molecule has 148 valence electrons. The molecule has 29 heavy (non-hydrogen) atoms. The SMILES string of the molecule is COC(=O)c1ccccc1NC(=O)CN(C)C(c1ccccc1)c1ccccc1. The summed E-state index contributed by atoms with van der Waals surface area (Å²) >= 11 is 0. The van der Waals surface area contributed by atoms with Crippen molar-refractivity contribution in [2.45, 2.75) is 6.04 Å². The second-order valence-corrected chi connectivity index (χ2v) is 6.72. The molecule has 0 spiro atoms. The summed E-state index contributed by atoms with van der Waals surface area (Å²) in [6.45, 7) is 0.157. The fourth-order valence-electron chi connectivity index (χ4n) is 3.36. The first-order valence-electron chi connectivity index (χ1n) is 9.37. The van der Waals surface area contributed by atoms with Crippen LogP contribution in [0.4, 0.5) is 5.69 Å². The molecule has 0 aliphatic carbocycles. The fraction of sp³-hybridized carbons (Fsp3) is 0.167. The Morgan fingerprint density at radius 1 is 0.862 bits per heavy atom. The van der Waals surface area contributed by atoms with Crippen LogP contribution in [0.25, 0.3) is 0 Å². The quantitative estimate of drug-likeness (QED) is 0.618. The van der Waals surface area contributed by atoms with Gasteiger partial charge in [-0.1, -0.05) is 72.8 Å². The number of methoxy groups -OCH3 is 1. The molecule has 0 aliphatic heterocycles. The van der Waals surface area contributed by atoms with E-state index >= 15 is 0 Å². The van der Waals surface area contributed by atoms with Gasteiger partial charge in [-0.25, -0.2) is 4.79 Å². The van der Waals surface area contributed by atoms with Crippen molar-refractivity contribution in [1.29, 1.82) is 0 Å². The van der Waals surface area contributed by atoms with Crippen LogP contribution in [0.2, 0.25) is 0 Å². The van der Waals surface area contributed by atoms with Gasteiger partial charge in [0.05, 0.1) is 30.9 Å². The average Bonchev–Trinajstić information content (AvgIpc) is 2.75. The molecule has 0 aromatic heterocycles. The van der Waals surface area contributed by atoms with Crippen LogP contribution in [0.5, 0.6) is 0 Å². The second kappa shape index (κ2) is 9.66. The highest BCUT2D eigenvalue weighted by Gasteiger charge is 2.22. The molecule has 0 aliphatic rings. The molecule has 0 unspecified atom stereocenters. The Morgan fingerprint density at radius 3 is 1.93 bits per heavy atom. The van der Waals surface area contributed by atoms with Crippen molar-refractivity contribution in [3.63, 3.8) is 0 Å². The van der Waals surface area contributed by atoms with Gasteiger partial charge in [-0.3, -0.25) is 9.69 Å². The molecule has 5 heteroatoms. The number of benzene rings is 3. The number of carbonyl (C=O) groups is 2. The van der Waals surface area contributed by atoms with Crippen LogP contribution in [0.1, 0.15) is 27.5 Å². The van der Waals surface area contributed by atoms with Crippen molar-refractivity contribution in [2.75, 3.05) is 26.0 Å². The number of para-hydroxylation sites is 1. The Labute approximate surface area is 170 Å². The van der Waals surface area contributed by atoms with E-state index in [1.54, 1.807) is 24.3 Å². The maximum atomic E-state index is 12.7. The maximum absolute atomic E-state index is 12.7. The van der Waals surface area contributed by atoms with Crippen LogP contribution < -0.4 is 5.32 Å². The zero-order valence-electron chi connectivity index (χ0n) is 16.5. The minimum atomic E-state index is -0.485. The van der Waals surface area contributed by atoms with Crippen molar-refractivity contribution >= 4 is 17.6 Å². The van der Waals surface area contributed by atoms with Gasteiger partial charge in [-0.2, -0.15) is 0 Å². The predicted molar refractivity (Wildman–Crippen MR) is 114 cm³/mol. The summed E-state index contributed by atoms with van der Waals surface area (Å²) in [6.07, 6.45) is 0. The highest BCUT2D eigenvalue weighted by atomic mass is 16.5. The number of likely N-dealkylation sites (N-methyl/N-ethyl adjacent to an activating group) is 1. The molecule has 3 rings (SSSR count). The third kappa shape index (κ3) is 5.09. The summed E-state index contributed by atoms with van der Waals surface area (Å²) < 4.78 is 4.79. The molecule has 5 nitrogen and oxygen atoms in total. The normalized spacial score (nSPS) is 10.8. The van der Waals surface area contributed by atoms with Crippen molar-refractivity contribution in [3.8, 4) is 0 Å². The van der Waals surface area contributed by atoms with Crippen LogP contribution in [-0.2, 0) is 9.53 Å². The van der Waals surface area contributed by atoms with Crippen molar-refractivity contribution in [2.24, 2.45) is 0 Å². The Morgan fingerprint density at radius 2 is 1.38 bits per heavy atom. The van der Waals surface area contributed by atoms with E-state index in [-0.39, 0.29) is 18.5 Å². The molecule has 1 amide bonds. The molecule has 0 radical (unpaired) electrons. The molecule has 0 saturated heterocycles. The number of hydrogen-bond donors (Lipinski definition) is 1. The zero-order valence-corrected chi connectivity index (χ0v) is 16.5. The second-order valence-electron chi connectivity index (χ2n) is 6.72. The summed E-state index contributed by atoms with van der Waals surface area (Å²) in [4.78, 5) is 26.7. The van der Waals surface area contributed by atoms with E-state index < -0.39 is 5.97 Å². The Balaban J connectivity index is 1.79. The lowest BCUT2D eigenvalue weighted by atomic mass is 9.97. The van der Waals surface area contributed by atoms with Gasteiger partial charge in [0.15, 0.2) is 0 Å². The van der Waals surface area contributed by atoms with Crippen LogP contribution in [0, 0.1) is 0 Å². The van der Waals surface area contributed by atoms with Gasteiger partial charge in [0.1, 0.15) is 0 Å².